The van der Waals surface area contributed by atoms with Gasteiger partial charge in [-0.2, -0.15) is 0 Å². The fraction of sp³-hybridized carbons (Fsp3) is 0.286. The average Bonchev–Trinajstić information content (AvgIpc) is 2.67. The minimum Gasteiger partial charge on any atom is -0.325 e. The highest BCUT2D eigenvalue weighted by Gasteiger charge is 2.30. The summed E-state index contributed by atoms with van der Waals surface area (Å²) in [5.74, 6) is -2.06. The molecule has 2 amide bonds. The van der Waals surface area contributed by atoms with Crippen LogP contribution in [0.2, 0.25) is 5.02 Å². The van der Waals surface area contributed by atoms with E-state index in [4.69, 9.17) is 11.6 Å². The van der Waals surface area contributed by atoms with Crippen molar-refractivity contribution in [1.29, 1.82) is 0 Å². The van der Waals surface area contributed by atoms with E-state index in [2.05, 4.69) is 5.32 Å². The molecule has 0 aliphatic carbocycles. The lowest BCUT2D eigenvalue weighted by Gasteiger charge is -2.30. The van der Waals surface area contributed by atoms with Crippen molar-refractivity contribution in [2.24, 2.45) is 5.92 Å². The van der Waals surface area contributed by atoms with Crippen molar-refractivity contribution in [1.82, 2.24) is 0 Å². The lowest BCUT2D eigenvalue weighted by Crippen LogP contribution is -2.39. The van der Waals surface area contributed by atoms with E-state index >= 15 is 0 Å². The van der Waals surface area contributed by atoms with Gasteiger partial charge >= 0.3 is 0 Å². The Morgan fingerprint density at radius 3 is 2.52 bits per heavy atom. The summed E-state index contributed by atoms with van der Waals surface area (Å²) in [5.41, 5.74) is 2.52. The molecule has 0 fully saturated rings. The van der Waals surface area contributed by atoms with Crippen molar-refractivity contribution in [2.45, 2.75) is 26.2 Å². The maximum Gasteiger partial charge on any atom is 0.235 e. The molecule has 1 atom stereocenters. The normalized spacial score (nSPS) is 14.2. The summed E-state index contributed by atoms with van der Waals surface area (Å²) in [6, 6.07) is 14.4. The third kappa shape index (κ3) is 4.55. The maximum atomic E-state index is 12.9. The van der Waals surface area contributed by atoms with Crippen LogP contribution in [0.1, 0.15) is 25.3 Å². The van der Waals surface area contributed by atoms with Gasteiger partial charge in [-0.3, -0.25) is 14.4 Å². The number of Topliss-reactive ketones (excluding diaryl/α,β-unsaturated/α-hetero) is 1. The SMILES string of the molecule is CC(=O)[C@@H](CC(=O)N1CCCc2ccccc21)C(=O)Nc1ccc(Cl)cc1. The number of aryl methyl sites for hydroxylation is 1. The second kappa shape index (κ2) is 8.35. The number of hydrogen-bond donors (Lipinski definition) is 1. The van der Waals surface area contributed by atoms with Crippen LogP contribution < -0.4 is 10.2 Å². The highest BCUT2D eigenvalue weighted by molar-refractivity contribution is 6.30. The molecule has 2 aromatic carbocycles. The fourth-order valence-electron chi connectivity index (χ4n) is 3.26. The van der Waals surface area contributed by atoms with Crippen LogP contribution in [-0.2, 0) is 20.8 Å². The minimum atomic E-state index is -1.03. The average molecular weight is 385 g/mol. The highest BCUT2D eigenvalue weighted by Crippen LogP contribution is 2.28. The molecule has 2 aromatic rings. The molecule has 0 unspecified atom stereocenters. The standard InChI is InChI=1S/C21H21ClN2O3/c1-14(25)18(21(27)23-17-10-8-16(22)9-11-17)13-20(26)24-12-4-6-15-5-2-3-7-19(15)24/h2-3,5,7-11,18H,4,6,12-13H2,1H3,(H,23,27)/t18-/m1/s1. The van der Waals surface area contributed by atoms with Gasteiger partial charge in [0.2, 0.25) is 11.8 Å². The van der Waals surface area contributed by atoms with Crippen molar-refractivity contribution in [3.05, 3.63) is 59.1 Å². The first-order chi connectivity index (χ1) is 13.0. The molecule has 140 valence electrons. The first-order valence-corrected chi connectivity index (χ1v) is 9.28. The van der Waals surface area contributed by atoms with Gasteiger partial charge in [0.15, 0.2) is 0 Å². The van der Waals surface area contributed by atoms with Crippen LogP contribution >= 0.6 is 11.6 Å². The molecule has 27 heavy (non-hydrogen) atoms. The number of carbonyl (C=O) groups is 3. The van der Waals surface area contributed by atoms with Crippen LogP contribution in [0.5, 0.6) is 0 Å². The van der Waals surface area contributed by atoms with Crippen LogP contribution in [0.15, 0.2) is 48.5 Å². The Labute approximate surface area is 163 Å². The molecule has 0 aromatic heterocycles. The zero-order valence-corrected chi connectivity index (χ0v) is 15.8. The number of fused-ring (bicyclic) bond motifs is 1. The molecule has 1 heterocycles. The Hall–Kier alpha value is -2.66. The molecule has 0 saturated heterocycles. The van der Waals surface area contributed by atoms with Crippen LogP contribution in [0.25, 0.3) is 0 Å². The van der Waals surface area contributed by atoms with Crippen LogP contribution in [0.3, 0.4) is 0 Å². The van der Waals surface area contributed by atoms with E-state index in [1.165, 1.54) is 6.92 Å². The first-order valence-electron chi connectivity index (χ1n) is 8.91. The minimum absolute atomic E-state index is 0.150. The summed E-state index contributed by atoms with van der Waals surface area (Å²) < 4.78 is 0. The van der Waals surface area contributed by atoms with Gasteiger partial charge in [-0.25, -0.2) is 0 Å². The largest absolute Gasteiger partial charge is 0.325 e. The van der Waals surface area contributed by atoms with Crippen LogP contribution in [-0.4, -0.2) is 24.1 Å². The smallest absolute Gasteiger partial charge is 0.235 e. The third-order valence-electron chi connectivity index (χ3n) is 4.71. The number of para-hydroxylation sites is 1. The van der Waals surface area contributed by atoms with Gasteiger partial charge in [0.05, 0.1) is 0 Å². The van der Waals surface area contributed by atoms with Gasteiger partial charge < -0.3 is 10.2 Å². The zero-order chi connectivity index (χ0) is 19.4. The molecular formula is C21H21ClN2O3. The number of nitrogens with zero attached hydrogens (tertiary/aromatic N) is 1. The number of hydrogen-bond acceptors (Lipinski definition) is 3. The van der Waals surface area contributed by atoms with E-state index in [-0.39, 0.29) is 18.1 Å². The van der Waals surface area contributed by atoms with E-state index in [1.807, 2.05) is 24.3 Å². The molecule has 5 nitrogen and oxygen atoms in total. The number of amides is 2. The van der Waals surface area contributed by atoms with Gasteiger partial charge in [0.1, 0.15) is 11.7 Å². The lowest BCUT2D eigenvalue weighted by atomic mass is 9.96. The Balaban J connectivity index is 1.73. The quantitative estimate of drug-likeness (QED) is 0.796. The Kier molecular flexibility index (Phi) is 5.91. The Bertz CT molecular complexity index is 864. The Morgan fingerprint density at radius 1 is 1.11 bits per heavy atom. The van der Waals surface area contributed by atoms with Gasteiger partial charge in [0, 0.05) is 29.4 Å². The van der Waals surface area contributed by atoms with Crippen molar-refractivity contribution >= 4 is 40.6 Å². The summed E-state index contributed by atoms with van der Waals surface area (Å²) in [7, 11) is 0. The topological polar surface area (TPSA) is 66.5 Å². The van der Waals surface area contributed by atoms with Crippen LogP contribution in [0, 0.1) is 5.92 Å². The number of benzene rings is 2. The molecule has 1 aliphatic rings. The van der Waals surface area contributed by atoms with E-state index in [9.17, 15) is 14.4 Å². The predicted molar refractivity (Wildman–Crippen MR) is 106 cm³/mol. The summed E-state index contributed by atoms with van der Waals surface area (Å²) >= 11 is 5.84. The van der Waals surface area contributed by atoms with Crippen LogP contribution in [0.4, 0.5) is 11.4 Å². The summed E-state index contributed by atoms with van der Waals surface area (Å²) in [6.45, 7) is 1.93. The number of nitrogens with one attached hydrogen (secondary N) is 1. The first kappa shape index (κ1) is 19.1. The van der Waals surface area contributed by atoms with Crippen molar-refractivity contribution in [3.8, 4) is 0 Å². The third-order valence-corrected chi connectivity index (χ3v) is 4.96. The summed E-state index contributed by atoms with van der Waals surface area (Å²) in [5, 5.41) is 3.24. The monoisotopic (exact) mass is 384 g/mol. The number of halogens is 1. The van der Waals surface area contributed by atoms with Gasteiger partial charge in [-0.15, -0.1) is 0 Å². The highest BCUT2D eigenvalue weighted by atomic mass is 35.5. The maximum absolute atomic E-state index is 12.9. The zero-order valence-electron chi connectivity index (χ0n) is 15.1. The molecule has 0 spiro atoms. The summed E-state index contributed by atoms with van der Waals surface area (Å²) in [6.07, 6.45) is 1.64. The number of anilines is 2. The van der Waals surface area contributed by atoms with Gasteiger partial charge in [-0.05, 0) is 55.7 Å². The van der Waals surface area contributed by atoms with E-state index in [0.29, 0.717) is 17.3 Å². The molecule has 0 saturated carbocycles. The second-order valence-corrected chi connectivity index (χ2v) is 7.08. The van der Waals surface area contributed by atoms with E-state index < -0.39 is 11.8 Å². The number of ketones is 1. The second-order valence-electron chi connectivity index (χ2n) is 6.64. The van der Waals surface area contributed by atoms with Gasteiger partial charge in [0.25, 0.3) is 0 Å². The van der Waals surface area contributed by atoms with Crippen molar-refractivity contribution in [2.75, 3.05) is 16.8 Å². The molecule has 0 bridgehead atoms. The van der Waals surface area contributed by atoms with Gasteiger partial charge in [-0.1, -0.05) is 29.8 Å². The Morgan fingerprint density at radius 2 is 1.81 bits per heavy atom. The van der Waals surface area contributed by atoms with Crippen molar-refractivity contribution < 1.29 is 14.4 Å². The summed E-state index contributed by atoms with van der Waals surface area (Å²) in [4.78, 5) is 39.1. The number of rotatable bonds is 5. The molecule has 1 aliphatic heterocycles. The molecular weight excluding hydrogens is 364 g/mol. The number of carbonyl (C=O) groups excluding carboxylic acids is 3. The van der Waals surface area contributed by atoms with E-state index in [1.54, 1.807) is 29.2 Å². The fourth-order valence-corrected chi connectivity index (χ4v) is 3.39. The molecule has 6 heteroatoms. The molecule has 1 N–H and O–H groups in total. The van der Waals surface area contributed by atoms with Crippen molar-refractivity contribution in [3.63, 3.8) is 0 Å². The predicted octanol–water partition coefficient (Wildman–Crippen LogP) is 3.85. The molecule has 0 radical (unpaired) electrons. The van der Waals surface area contributed by atoms with E-state index in [0.717, 1.165) is 24.1 Å². The lowest BCUT2D eigenvalue weighted by molar-refractivity contribution is -0.134. The molecule has 3 rings (SSSR count).